The standard InChI is InChI=1S/C19H32N6O2.ClH/c1-13(21-16(26)12-14-6-4-3-5-7-14)18(27)23-19-22-17(24-25(19)2)15-8-10-20-11-9-15;/h13-15,20H,3-12H2,1-2H3,(H,21,26)(H,22,23,24,27);1H. The fourth-order valence-corrected chi connectivity index (χ4v) is 4.00. The summed E-state index contributed by atoms with van der Waals surface area (Å²) >= 11 is 0. The highest BCUT2D eigenvalue weighted by atomic mass is 35.5. The van der Waals surface area contributed by atoms with Crippen LogP contribution in [0, 0.1) is 5.92 Å². The number of carbonyl (C=O) groups excluding carboxylic acids is 2. The van der Waals surface area contributed by atoms with Crippen molar-refractivity contribution in [2.75, 3.05) is 18.4 Å². The van der Waals surface area contributed by atoms with Gasteiger partial charge in [0, 0.05) is 19.4 Å². The Bertz CT molecular complexity index is 653. The second-order valence-corrected chi connectivity index (χ2v) is 7.93. The van der Waals surface area contributed by atoms with Crippen molar-refractivity contribution in [2.45, 2.75) is 70.3 Å². The summed E-state index contributed by atoms with van der Waals surface area (Å²) in [5.74, 6) is 1.69. The maximum absolute atomic E-state index is 12.5. The number of nitrogens with one attached hydrogen (secondary N) is 3. The third-order valence-electron chi connectivity index (χ3n) is 5.69. The lowest BCUT2D eigenvalue weighted by Gasteiger charge is -2.22. The van der Waals surface area contributed by atoms with Crippen LogP contribution >= 0.6 is 12.4 Å². The number of nitrogens with zero attached hydrogens (tertiary/aromatic N) is 3. The third-order valence-corrected chi connectivity index (χ3v) is 5.69. The second-order valence-electron chi connectivity index (χ2n) is 7.93. The summed E-state index contributed by atoms with van der Waals surface area (Å²) in [6.45, 7) is 3.64. The van der Waals surface area contributed by atoms with Crippen molar-refractivity contribution in [1.29, 1.82) is 0 Å². The predicted octanol–water partition coefficient (Wildman–Crippen LogP) is 2.12. The molecule has 1 saturated carbocycles. The number of carbonyl (C=O) groups is 2. The molecule has 0 bridgehead atoms. The number of anilines is 1. The smallest absolute Gasteiger partial charge is 0.249 e. The van der Waals surface area contributed by atoms with Gasteiger partial charge in [0.1, 0.15) is 6.04 Å². The molecule has 9 heteroatoms. The summed E-state index contributed by atoms with van der Waals surface area (Å²) in [7, 11) is 1.78. The Hall–Kier alpha value is -1.67. The molecule has 0 aromatic carbocycles. The average molecular weight is 413 g/mol. The van der Waals surface area contributed by atoms with Crippen molar-refractivity contribution in [2.24, 2.45) is 13.0 Å². The van der Waals surface area contributed by atoms with E-state index < -0.39 is 6.04 Å². The molecule has 0 spiro atoms. The van der Waals surface area contributed by atoms with Crippen molar-refractivity contribution in [1.82, 2.24) is 25.4 Å². The Morgan fingerprint density at radius 1 is 1.18 bits per heavy atom. The Balaban J connectivity index is 0.00000280. The van der Waals surface area contributed by atoms with Crippen LogP contribution in [0.4, 0.5) is 5.95 Å². The molecule has 0 radical (unpaired) electrons. The van der Waals surface area contributed by atoms with Crippen LogP contribution in [0.2, 0.25) is 0 Å². The Labute approximate surface area is 173 Å². The second kappa shape index (κ2) is 10.8. The Morgan fingerprint density at radius 3 is 2.54 bits per heavy atom. The van der Waals surface area contributed by atoms with Gasteiger partial charge in [0.15, 0.2) is 5.82 Å². The molecule has 28 heavy (non-hydrogen) atoms. The van der Waals surface area contributed by atoms with Gasteiger partial charge in [0.05, 0.1) is 0 Å². The van der Waals surface area contributed by atoms with Crippen LogP contribution in [-0.4, -0.2) is 45.7 Å². The zero-order chi connectivity index (χ0) is 19.2. The van der Waals surface area contributed by atoms with E-state index in [1.165, 1.54) is 19.3 Å². The van der Waals surface area contributed by atoms with Crippen LogP contribution in [0.5, 0.6) is 0 Å². The summed E-state index contributed by atoms with van der Waals surface area (Å²) < 4.78 is 1.60. The Kier molecular flexibility index (Phi) is 8.69. The molecule has 1 aliphatic heterocycles. The topological polar surface area (TPSA) is 101 Å². The lowest BCUT2D eigenvalue weighted by molar-refractivity contribution is -0.127. The molecule has 1 atom stereocenters. The molecule has 2 heterocycles. The molecule has 158 valence electrons. The van der Waals surface area contributed by atoms with Crippen molar-refractivity contribution >= 4 is 30.2 Å². The number of piperidine rings is 1. The minimum absolute atomic E-state index is 0. The van der Waals surface area contributed by atoms with Gasteiger partial charge >= 0.3 is 0 Å². The molecule has 2 amide bonds. The highest BCUT2D eigenvalue weighted by Gasteiger charge is 2.24. The molecule has 2 aliphatic rings. The highest BCUT2D eigenvalue weighted by molar-refractivity contribution is 5.95. The average Bonchev–Trinajstić information content (AvgIpc) is 3.03. The van der Waals surface area contributed by atoms with E-state index in [9.17, 15) is 9.59 Å². The fourth-order valence-electron chi connectivity index (χ4n) is 4.00. The summed E-state index contributed by atoms with van der Waals surface area (Å²) in [5, 5.41) is 13.4. The maximum atomic E-state index is 12.5. The molecule has 3 N–H and O–H groups in total. The molecule has 1 aromatic heterocycles. The van der Waals surface area contributed by atoms with Gasteiger partial charge in [-0.15, -0.1) is 12.4 Å². The molecule has 1 aliphatic carbocycles. The lowest BCUT2D eigenvalue weighted by Crippen LogP contribution is -2.42. The van der Waals surface area contributed by atoms with E-state index in [0.717, 1.165) is 44.6 Å². The summed E-state index contributed by atoms with van der Waals surface area (Å²) in [5.41, 5.74) is 0. The van der Waals surface area contributed by atoms with Crippen molar-refractivity contribution < 1.29 is 9.59 Å². The summed E-state index contributed by atoms with van der Waals surface area (Å²) in [6, 6.07) is -0.597. The monoisotopic (exact) mass is 412 g/mol. The quantitative estimate of drug-likeness (QED) is 0.664. The van der Waals surface area contributed by atoms with Crippen molar-refractivity contribution in [3.8, 4) is 0 Å². The van der Waals surface area contributed by atoms with E-state index in [4.69, 9.17) is 0 Å². The number of hydrogen-bond acceptors (Lipinski definition) is 5. The number of hydrogen-bond donors (Lipinski definition) is 3. The first kappa shape index (κ1) is 22.6. The zero-order valence-corrected chi connectivity index (χ0v) is 17.7. The maximum Gasteiger partial charge on any atom is 0.249 e. The van der Waals surface area contributed by atoms with Gasteiger partial charge in [-0.2, -0.15) is 10.1 Å². The summed E-state index contributed by atoms with van der Waals surface area (Å²) in [6.07, 6.45) is 8.45. The molecule has 3 rings (SSSR count). The van der Waals surface area contributed by atoms with Gasteiger partial charge in [0.2, 0.25) is 17.8 Å². The van der Waals surface area contributed by atoms with Crippen molar-refractivity contribution in [3.63, 3.8) is 0 Å². The number of aryl methyl sites for hydroxylation is 1. The van der Waals surface area contributed by atoms with Crippen LogP contribution in [0.15, 0.2) is 0 Å². The van der Waals surface area contributed by atoms with E-state index in [0.29, 0.717) is 24.2 Å². The fraction of sp³-hybridized carbons (Fsp3) is 0.789. The van der Waals surface area contributed by atoms with Crippen LogP contribution in [0.3, 0.4) is 0 Å². The minimum Gasteiger partial charge on any atom is -0.345 e. The Morgan fingerprint density at radius 2 is 1.86 bits per heavy atom. The molecule has 8 nitrogen and oxygen atoms in total. The third kappa shape index (κ3) is 6.17. The normalized spacial score (nSPS) is 19.5. The van der Waals surface area contributed by atoms with E-state index in [-0.39, 0.29) is 24.2 Å². The van der Waals surface area contributed by atoms with Gasteiger partial charge < -0.3 is 10.6 Å². The number of rotatable bonds is 6. The van der Waals surface area contributed by atoms with E-state index in [1.54, 1.807) is 18.7 Å². The molecular weight excluding hydrogens is 380 g/mol. The largest absolute Gasteiger partial charge is 0.345 e. The van der Waals surface area contributed by atoms with Gasteiger partial charge in [-0.05, 0) is 51.6 Å². The van der Waals surface area contributed by atoms with Crippen LogP contribution in [0.1, 0.15) is 70.0 Å². The van der Waals surface area contributed by atoms with Crippen molar-refractivity contribution in [3.05, 3.63) is 5.82 Å². The molecule has 2 fully saturated rings. The van der Waals surface area contributed by atoms with Crippen LogP contribution in [0.25, 0.3) is 0 Å². The number of aromatic nitrogens is 3. The molecular formula is C19H33ClN6O2. The number of amides is 2. The molecule has 1 unspecified atom stereocenters. The first-order valence-corrected chi connectivity index (χ1v) is 10.2. The highest BCUT2D eigenvalue weighted by Crippen LogP contribution is 2.26. The van der Waals surface area contributed by atoms with Gasteiger partial charge in [-0.3, -0.25) is 14.9 Å². The lowest BCUT2D eigenvalue weighted by atomic mass is 9.87. The minimum atomic E-state index is -0.597. The van der Waals surface area contributed by atoms with Gasteiger partial charge in [-0.1, -0.05) is 19.3 Å². The van der Waals surface area contributed by atoms with Crippen LogP contribution in [-0.2, 0) is 16.6 Å². The summed E-state index contributed by atoms with van der Waals surface area (Å²) in [4.78, 5) is 29.2. The van der Waals surface area contributed by atoms with Crippen LogP contribution < -0.4 is 16.0 Å². The first-order valence-electron chi connectivity index (χ1n) is 10.2. The van der Waals surface area contributed by atoms with E-state index >= 15 is 0 Å². The van der Waals surface area contributed by atoms with E-state index in [1.807, 2.05) is 0 Å². The molecule has 1 aromatic rings. The number of halogens is 1. The SMILES string of the molecule is CC(NC(=O)CC1CCCCC1)C(=O)Nc1nc(C2CCNCC2)nn1C.Cl. The van der Waals surface area contributed by atoms with E-state index in [2.05, 4.69) is 26.0 Å². The predicted molar refractivity (Wildman–Crippen MR) is 111 cm³/mol. The van der Waals surface area contributed by atoms with Gasteiger partial charge in [0.25, 0.3) is 0 Å². The zero-order valence-electron chi connectivity index (χ0n) is 16.9. The molecule has 1 saturated heterocycles. The first-order chi connectivity index (χ1) is 13.0. The van der Waals surface area contributed by atoms with Gasteiger partial charge in [-0.25, -0.2) is 4.68 Å².